The molecule has 2 aromatic rings. The number of thioether (sulfide) groups is 1. The van der Waals surface area contributed by atoms with Crippen molar-refractivity contribution in [1.29, 1.82) is 0 Å². The lowest BCUT2D eigenvalue weighted by Crippen LogP contribution is -2.31. The highest BCUT2D eigenvalue weighted by Crippen LogP contribution is 2.34. The molecule has 138 valence electrons. The van der Waals surface area contributed by atoms with Crippen LogP contribution in [0.25, 0.3) is 6.08 Å². The molecule has 3 rings (SSSR count). The molecule has 0 spiro atoms. The minimum absolute atomic E-state index is 0.121. The molecule has 2 heterocycles. The molecule has 5 nitrogen and oxygen atoms in total. The smallest absolute Gasteiger partial charge is 0.266 e. The van der Waals surface area contributed by atoms with E-state index in [1.54, 1.807) is 48.8 Å². The molecule has 0 atom stereocenters. The number of benzene rings is 1. The van der Waals surface area contributed by atoms with Gasteiger partial charge < -0.3 is 5.32 Å². The number of hydrogen-bond donors (Lipinski definition) is 1. The van der Waals surface area contributed by atoms with Gasteiger partial charge in [0, 0.05) is 29.2 Å². The van der Waals surface area contributed by atoms with Gasteiger partial charge in [-0.05, 0) is 35.9 Å². The predicted molar refractivity (Wildman–Crippen MR) is 114 cm³/mol. The number of halogens is 2. The zero-order valence-electron chi connectivity index (χ0n) is 13.8. The molecule has 1 aliphatic heterocycles. The van der Waals surface area contributed by atoms with Gasteiger partial charge in [-0.25, -0.2) is 0 Å². The Balaban J connectivity index is 1.64. The Kier molecular flexibility index (Phi) is 6.49. The van der Waals surface area contributed by atoms with Crippen molar-refractivity contribution in [3.05, 3.63) is 63.2 Å². The number of carbonyl (C=O) groups is 2. The Morgan fingerprint density at radius 2 is 2.15 bits per heavy atom. The van der Waals surface area contributed by atoms with Crippen molar-refractivity contribution in [2.75, 3.05) is 11.9 Å². The van der Waals surface area contributed by atoms with Gasteiger partial charge in [0.1, 0.15) is 4.32 Å². The van der Waals surface area contributed by atoms with E-state index in [-0.39, 0.29) is 24.8 Å². The first-order valence-electron chi connectivity index (χ1n) is 7.84. The van der Waals surface area contributed by atoms with E-state index in [1.807, 2.05) is 0 Å². The summed E-state index contributed by atoms with van der Waals surface area (Å²) in [5.41, 5.74) is 1.28. The van der Waals surface area contributed by atoms with Crippen molar-refractivity contribution in [1.82, 2.24) is 9.88 Å². The Morgan fingerprint density at radius 1 is 1.33 bits per heavy atom. The molecule has 2 amide bonds. The van der Waals surface area contributed by atoms with Crippen molar-refractivity contribution < 1.29 is 9.59 Å². The summed E-state index contributed by atoms with van der Waals surface area (Å²) in [4.78, 5) is 30.5. The van der Waals surface area contributed by atoms with Crippen molar-refractivity contribution in [3.8, 4) is 0 Å². The summed E-state index contributed by atoms with van der Waals surface area (Å²) in [5.74, 6) is -0.466. The largest absolute Gasteiger partial charge is 0.325 e. The van der Waals surface area contributed by atoms with Gasteiger partial charge in [-0.2, -0.15) is 0 Å². The van der Waals surface area contributed by atoms with Crippen LogP contribution < -0.4 is 5.32 Å². The number of pyridine rings is 1. The van der Waals surface area contributed by atoms with E-state index >= 15 is 0 Å². The Bertz CT molecular complexity index is 935. The quantitative estimate of drug-likeness (QED) is 0.546. The minimum Gasteiger partial charge on any atom is -0.325 e. The number of anilines is 1. The molecule has 1 N–H and O–H groups in total. The summed E-state index contributed by atoms with van der Waals surface area (Å²) in [5, 5.41) is 3.69. The second-order valence-electron chi connectivity index (χ2n) is 5.54. The molecule has 0 aliphatic carbocycles. The standard InChI is InChI=1S/C18H13Cl2N3O2S2/c19-12-4-3-11(14(20)9-12)8-15-17(25)23(18(26)27-15)7-5-16(24)22-13-2-1-6-21-10-13/h1-4,6,8-10H,5,7H2,(H,22,24)/b15-8-. The highest BCUT2D eigenvalue weighted by atomic mass is 35.5. The Labute approximate surface area is 175 Å². The number of nitrogens with one attached hydrogen (secondary N) is 1. The fraction of sp³-hybridized carbons (Fsp3) is 0.111. The normalized spacial score (nSPS) is 15.5. The van der Waals surface area contributed by atoms with Crippen LogP contribution in [0.4, 0.5) is 5.69 Å². The number of aromatic nitrogens is 1. The van der Waals surface area contributed by atoms with Crippen LogP contribution >= 0.6 is 47.2 Å². The maximum Gasteiger partial charge on any atom is 0.266 e. The third kappa shape index (κ3) is 5.07. The minimum atomic E-state index is -0.245. The third-order valence-corrected chi connectivity index (χ3v) is 5.57. The van der Waals surface area contributed by atoms with E-state index in [2.05, 4.69) is 10.3 Å². The van der Waals surface area contributed by atoms with Crippen LogP contribution in [0.5, 0.6) is 0 Å². The first-order chi connectivity index (χ1) is 12.9. The third-order valence-electron chi connectivity index (χ3n) is 3.63. The maximum absolute atomic E-state index is 12.6. The number of carbonyl (C=O) groups excluding carboxylic acids is 2. The predicted octanol–water partition coefficient (Wildman–Crippen LogP) is 4.62. The first kappa shape index (κ1) is 19.8. The number of amides is 2. The monoisotopic (exact) mass is 437 g/mol. The number of rotatable bonds is 5. The summed E-state index contributed by atoms with van der Waals surface area (Å²) < 4.78 is 0.408. The molecule has 1 saturated heterocycles. The van der Waals surface area contributed by atoms with Crippen molar-refractivity contribution in [3.63, 3.8) is 0 Å². The molecule has 0 unspecified atom stereocenters. The summed E-state index contributed by atoms with van der Waals surface area (Å²) >= 11 is 18.5. The summed E-state index contributed by atoms with van der Waals surface area (Å²) in [6.07, 6.45) is 4.97. The van der Waals surface area contributed by atoms with Crippen LogP contribution in [-0.2, 0) is 9.59 Å². The molecule has 1 aliphatic rings. The van der Waals surface area contributed by atoms with E-state index < -0.39 is 0 Å². The van der Waals surface area contributed by atoms with Crippen LogP contribution in [0.15, 0.2) is 47.6 Å². The van der Waals surface area contributed by atoms with E-state index in [4.69, 9.17) is 35.4 Å². The molecule has 0 radical (unpaired) electrons. The number of nitrogens with zero attached hydrogens (tertiary/aromatic N) is 2. The Morgan fingerprint density at radius 3 is 2.85 bits per heavy atom. The highest BCUT2D eigenvalue weighted by molar-refractivity contribution is 8.26. The fourth-order valence-corrected chi connectivity index (χ4v) is 4.09. The molecule has 1 aromatic carbocycles. The second-order valence-corrected chi connectivity index (χ2v) is 8.06. The summed E-state index contributed by atoms with van der Waals surface area (Å²) in [6, 6.07) is 8.51. The maximum atomic E-state index is 12.6. The first-order valence-corrected chi connectivity index (χ1v) is 9.82. The van der Waals surface area contributed by atoms with Gasteiger partial charge in [0.2, 0.25) is 5.91 Å². The van der Waals surface area contributed by atoms with E-state index in [9.17, 15) is 9.59 Å². The van der Waals surface area contributed by atoms with Crippen molar-refractivity contribution in [2.45, 2.75) is 6.42 Å². The van der Waals surface area contributed by atoms with Gasteiger partial charge >= 0.3 is 0 Å². The average molecular weight is 438 g/mol. The van der Waals surface area contributed by atoms with Gasteiger partial charge in [-0.1, -0.05) is 53.2 Å². The van der Waals surface area contributed by atoms with Crippen LogP contribution in [0.2, 0.25) is 10.0 Å². The van der Waals surface area contributed by atoms with Crippen LogP contribution in [0.1, 0.15) is 12.0 Å². The van der Waals surface area contributed by atoms with Gasteiger partial charge in [-0.15, -0.1) is 0 Å². The van der Waals surface area contributed by atoms with Gasteiger partial charge in [-0.3, -0.25) is 19.5 Å². The van der Waals surface area contributed by atoms with E-state index in [1.165, 1.54) is 16.7 Å². The fourth-order valence-electron chi connectivity index (χ4n) is 2.33. The molecule has 9 heteroatoms. The van der Waals surface area contributed by atoms with Crippen molar-refractivity contribution in [2.24, 2.45) is 0 Å². The van der Waals surface area contributed by atoms with Crippen LogP contribution in [0.3, 0.4) is 0 Å². The Hall–Kier alpha value is -1.93. The van der Waals surface area contributed by atoms with Gasteiger partial charge in [0.05, 0.1) is 16.8 Å². The van der Waals surface area contributed by atoms with Gasteiger partial charge in [0.25, 0.3) is 5.91 Å². The molecule has 1 fully saturated rings. The lowest BCUT2D eigenvalue weighted by Gasteiger charge is -2.14. The highest BCUT2D eigenvalue weighted by Gasteiger charge is 2.32. The lowest BCUT2D eigenvalue weighted by molar-refractivity contribution is -0.122. The van der Waals surface area contributed by atoms with Crippen molar-refractivity contribution >= 4 is 75.1 Å². The molecule has 1 aromatic heterocycles. The number of thiocarbonyl (C=S) groups is 1. The second kappa shape index (κ2) is 8.84. The summed E-state index contributed by atoms with van der Waals surface area (Å²) in [7, 11) is 0. The average Bonchev–Trinajstić information content (AvgIpc) is 2.90. The lowest BCUT2D eigenvalue weighted by atomic mass is 10.2. The molecule has 0 bridgehead atoms. The molecule has 0 saturated carbocycles. The SMILES string of the molecule is O=C(CCN1C(=O)/C(=C/c2ccc(Cl)cc2Cl)SC1=S)Nc1cccnc1. The molecular weight excluding hydrogens is 425 g/mol. The van der Waals surface area contributed by atoms with Crippen LogP contribution in [0, 0.1) is 0 Å². The zero-order valence-corrected chi connectivity index (χ0v) is 17.0. The van der Waals surface area contributed by atoms with E-state index in [0.717, 1.165) is 0 Å². The zero-order chi connectivity index (χ0) is 19.4. The van der Waals surface area contributed by atoms with Gasteiger partial charge in [0.15, 0.2) is 0 Å². The number of hydrogen-bond acceptors (Lipinski definition) is 5. The topological polar surface area (TPSA) is 62.3 Å². The van der Waals surface area contributed by atoms with E-state index in [0.29, 0.717) is 30.5 Å². The molecule has 27 heavy (non-hydrogen) atoms. The van der Waals surface area contributed by atoms with Crippen LogP contribution in [-0.4, -0.2) is 32.6 Å². The molecular formula is C18H13Cl2N3O2S2. The summed E-state index contributed by atoms with van der Waals surface area (Å²) in [6.45, 7) is 0.197.